The molecule has 0 aromatic heterocycles. The molecule has 2 bridgehead atoms. The van der Waals surface area contributed by atoms with Crippen molar-refractivity contribution in [2.45, 2.75) is 19.8 Å². The van der Waals surface area contributed by atoms with E-state index < -0.39 is 0 Å². The zero-order valence-electron chi connectivity index (χ0n) is 10.4. The summed E-state index contributed by atoms with van der Waals surface area (Å²) < 4.78 is 13.9. The molecule has 0 spiro atoms. The Morgan fingerprint density at radius 1 is 1.33 bits per heavy atom. The summed E-state index contributed by atoms with van der Waals surface area (Å²) in [5, 5.41) is 3.48. The highest BCUT2D eigenvalue weighted by Gasteiger charge is 2.35. The van der Waals surface area contributed by atoms with Gasteiger partial charge >= 0.3 is 0 Å². The maximum absolute atomic E-state index is 13.3. The molecule has 2 aliphatic rings. The van der Waals surface area contributed by atoms with E-state index in [1.54, 1.807) is 6.07 Å². The Bertz CT molecular complexity index is 498. The molecular weight excluding hydrogens is 293 g/mol. The quantitative estimate of drug-likeness (QED) is 0.809. The van der Waals surface area contributed by atoms with Gasteiger partial charge in [-0.15, -0.1) is 0 Å². The van der Waals surface area contributed by atoms with Crippen molar-refractivity contribution in [3.8, 4) is 0 Å². The van der Waals surface area contributed by atoms with Crippen molar-refractivity contribution in [3.05, 3.63) is 40.1 Å². The Morgan fingerprint density at radius 3 is 2.83 bits per heavy atom. The molecule has 3 unspecified atom stereocenters. The fourth-order valence-corrected chi connectivity index (χ4v) is 3.55. The lowest BCUT2D eigenvalue weighted by Gasteiger charge is -2.20. The fraction of sp³-hybridized carbons (Fsp3) is 0.467. The summed E-state index contributed by atoms with van der Waals surface area (Å²) >= 11 is 3.24. The van der Waals surface area contributed by atoms with E-state index >= 15 is 0 Å². The predicted octanol–water partition coefficient (Wildman–Crippen LogP) is 4.52. The Labute approximate surface area is 116 Å². The summed E-state index contributed by atoms with van der Waals surface area (Å²) in [7, 11) is 0. The van der Waals surface area contributed by atoms with Crippen LogP contribution >= 0.6 is 15.9 Å². The average molecular weight is 310 g/mol. The van der Waals surface area contributed by atoms with E-state index in [1.807, 2.05) is 13.0 Å². The van der Waals surface area contributed by atoms with Crippen molar-refractivity contribution < 1.29 is 4.39 Å². The van der Waals surface area contributed by atoms with Gasteiger partial charge in [0, 0.05) is 12.2 Å². The average Bonchev–Trinajstić information content (AvgIpc) is 2.94. The number of nitrogens with one attached hydrogen (secondary N) is 1. The number of allylic oxidation sites excluding steroid dienone is 2. The van der Waals surface area contributed by atoms with Gasteiger partial charge in [0.05, 0.1) is 4.47 Å². The van der Waals surface area contributed by atoms with E-state index in [1.165, 1.54) is 12.8 Å². The molecule has 3 atom stereocenters. The molecular formula is C15H17BrFN. The molecule has 0 heterocycles. The number of benzene rings is 1. The summed E-state index contributed by atoms with van der Waals surface area (Å²) in [4.78, 5) is 0. The molecule has 0 saturated heterocycles. The number of anilines is 1. The lowest BCUT2D eigenvalue weighted by Crippen LogP contribution is -2.18. The Hall–Kier alpha value is -0.830. The second-order valence-electron chi connectivity index (χ2n) is 5.50. The topological polar surface area (TPSA) is 12.0 Å². The van der Waals surface area contributed by atoms with Gasteiger partial charge in [-0.05, 0) is 71.1 Å². The first-order valence-electron chi connectivity index (χ1n) is 6.51. The lowest BCUT2D eigenvalue weighted by atomic mass is 9.93. The second kappa shape index (κ2) is 4.69. The van der Waals surface area contributed by atoms with Crippen LogP contribution < -0.4 is 5.32 Å². The number of hydrogen-bond donors (Lipinski definition) is 1. The van der Waals surface area contributed by atoms with Crippen LogP contribution in [-0.2, 0) is 0 Å². The first-order chi connectivity index (χ1) is 8.63. The zero-order valence-corrected chi connectivity index (χ0v) is 12.0. The standard InChI is InChI=1S/C15H17BrFN/c1-9-4-14(17)13(16)7-15(9)18-8-12-6-10-2-3-11(12)5-10/h2-4,7,10-12,18H,5-6,8H2,1H3. The molecule has 1 N–H and O–H groups in total. The van der Waals surface area contributed by atoms with Crippen molar-refractivity contribution in [2.75, 3.05) is 11.9 Å². The van der Waals surface area contributed by atoms with Crippen molar-refractivity contribution in [1.29, 1.82) is 0 Å². The molecule has 2 aliphatic carbocycles. The Balaban J connectivity index is 1.67. The molecule has 3 heteroatoms. The Kier molecular flexibility index (Phi) is 3.18. The van der Waals surface area contributed by atoms with E-state index in [-0.39, 0.29) is 5.82 Å². The van der Waals surface area contributed by atoms with Gasteiger partial charge < -0.3 is 5.32 Å². The van der Waals surface area contributed by atoms with Crippen LogP contribution in [0.25, 0.3) is 0 Å². The highest BCUT2D eigenvalue weighted by Crippen LogP contribution is 2.43. The third-order valence-corrected chi connectivity index (χ3v) is 4.85. The van der Waals surface area contributed by atoms with E-state index in [4.69, 9.17) is 0 Å². The van der Waals surface area contributed by atoms with Gasteiger partial charge in [0.2, 0.25) is 0 Å². The normalized spacial score (nSPS) is 28.9. The smallest absolute Gasteiger partial charge is 0.137 e. The number of rotatable bonds is 3. The monoisotopic (exact) mass is 309 g/mol. The molecule has 0 radical (unpaired) electrons. The molecule has 0 amide bonds. The molecule has 1 fully saturated rings. The molecule has 1 aromatic carbocycles. The summed E-state index contributed by atoms with van der Waals surface area (Å²) in [6, 6.07) is 3.42. The van der Waals surface area contributed by atoms with E-state index in [9.17, 15) is 4.39 Å². The molecule has 0 aliphatic heterocycles. The first-order valence-corrected chi connectivity index (χ1v) is 7.30. The van der Waals surface area contributed by atoms with Gasteiger partial charge in [-0.2, -0.15) is 0 Å². The second-order valence-corrected chi connectivity index (χ2v) is 6.36. The van der Waals surface area contributed by atoms with E-state index in [0.717, 1.165) is 35.5 Å². The summed E-state index contributed by atoms with van der Waals surface area (Å²) in [6.45, 7) is 2.93. The molecule has 96 valence electrons. The minimum atomic E-state index is -0.194. The van der Waals surface area contributed by atoms with Crippen LogP contribution in [0.1, 0.15) is 18.4 Å². The summed E-state index contributed by atoms with van der Waals surface area (Å²) in [6.07, 6.45) is 7.36. The lowest BCUT2D eigenvalue weighted by molar-refractivity contribution is 0.472. The third kappa shape index (κ3) is 2.20. The maximum Gasteiger partial charge on any atom is 0.137 e. The van der Waals surface area contributed by atoms with Gasteiger partial charge in [-0.1, -0.05) is 12.2 Å². The third-order valence-electron chi connectivity index (χ3n) is 4.24. The van der Waals surface area contributed by atoms with Gasteiger partial charge in [0.25, 0.3) is 0 Å². The highest BCUT2D eigenvalue weighted by atomic mass is 79.9. The van der Waals surface area contributed by atoms with Crippen LogP contribution in [0.15, 0.2) is 28.8 Å². The van der Waals surface area contributed by atoms with E-state index in [0.29, 0.717) is 4.47 Å². The van der Waals surface area contributed by atoms with Crippen molar-refractivity contribution >= 4 is 21.6 Å². The highest BCUT2D eigenvalue weighted by molar-refractivity contribution is 9.10. The summed E-state index contributed by atoms with van der Waals surface area (Å²) in [5.41, 5.74) is 2.00. The van der Waals surface area contributed by atoms with Crippen LogP contribution in [0, 0.1) is 30.5 Å². The first kappa shape index (κ1) is 12.2. The van der Waals surface area contributed by atoms with Gasteiger partial charge in [-0.25, -0.2) is 4.39 Å². The number of fused-ring (bicyclic) bond motifs is 2. The minimum absolute atomic E-state index is 0.194. The molecule has 18 heavy (non-hydrogen) atoms. The van der Waals surface area contributed by atoms with E-state index in [2.05, 4.69) is 33.4 Å². The SMILES string of the molecule is Cc1cc(F)c(Br)cc1NCC1CC2C=CC1C2. The van der Waals surface area contributed by atoms with Gasteiger partial charge in [0.1, 0.15) is 5.82 Å². The van der Waals surface area contributed by atoms with Crippen LogP contribution in [-0.4, -0.2) is 6.54 Å². The van der Waals surface area contributed by atoms with Crippen molar-refractivity contribution in [1.82, 2.24) is 0 Å². The molecule has 1 aromatic rings. The zero-order chi connectivity index (χ0) is 12.7. The number of hydrogen-bond acceptors (Lipinski definition) is 1. The largest absolute Gasteiger partial charge is 0.384 e. The van der Waals surface area contributed by atoms with Crippen molar-refractivity contribution in [2.24, 2.45) is 17.8 Å². The van der Waals surface area contributed by atoms with Crippen LogP contribution in [0.5, 0.6) is 0 Å². The van der Waals surface area contributed by atoms with Crippen molar-refractivity contribution in [3.63, 3.8) is 0 Å². The number of halogens is 2. The van der Waals surface area contributed by atoms with Crippen LogP contribution in [0.3, 0.4) is 0 Å². The van der Waals surface area contributed by atoms with Gasteiger partial charge in [0.15, 0.2) is 0 Å². The molecule has 3 rings (SSSR count). The molecule has 1 nitrogen and oxygen atoms in total. The minimum Gasteiger partial charge on any atom is -0.384 e. The molecule has 1 saturated carbocycles. The van der Waals surface area contributed by atoms with Crippen LogP contribution in [0.2, 0.25) is 0 Å². The Morgan fingerprint density at radius 2 is 2.17 bits per heavy atom. The van der Waals surface area contributed by atoms with Gasteiger partial charge in [-0.3, -0.25) is 0 Å². The number of aryl methyl sites for hydroxylation is 1. The predicted molar refractivity (Wildman–Crippen MR) is 76.2 cm³/mol. The summed E-state index contributed by atoms with van der Waals surface area (Å²) in [5.74, 6) is 2.11. The van der Waals surface area contributed by atoms with Crippen LogP contribution in [0.4, 0.5) is 10.1 Å². The fourth-order valence-electron chi connectivity index (χ4n) is 3.21. The maximum atomic E-state index is 13.3.